The Hall–Kier alpha value is -3.37. The largest absolute Gasteiger partial charge is 0.491 e. The number of anilines is 1. The van der Waals surface area contributed by atoms with Crippen LogP contribution in [0.4, 0.5) is 5.69 Å². The number of ether oxygens (including phenoxy) is 3. The Labute approximate surface area is 169 Å². The van der Waals surface area contributed by atoms with E-state index in [1.165, 1.54) is 0 Å². The molecule has 0 spiro atoms. The highest BCUT2D eigenvalue weighted by Crippen LogP contribution is 2.17. The first-order valence-electron chi connectivity index (χ1n) is 9.41. The molecule has 2 aromatic carbocycles. The Kier molecular flexibility index (Phi) is 7.20. The number of esters is 1. The van der Waals surface area contributed by atoms with Gasteiger partial charge in [-0.1, -0.05) is 12.1 Å². The zero-order valence-corrected chi connectivity index (χ0v) is 15.9. The van der Waals surface area contributed by atoms with Gasteiger partial charge >= 0.3 is 5.97 Å². The second-order valence-corrected chi connectivity index (χ2v) is 6.63. The zero-order valence-electron chi connectivity index (χ0n) is 15.9. The molecule has 29 heavy (non-hydrogen) atoms. The van der Waals surface area contributed by atoms with Gasteiger partial charge in [-0.3, -0.25) is 4.79 Å². The monoisotopic (exact) mass is 394 g/mol. The van der Waals surface area contributed by atoms with Crippen molar-refractivity contribution in [3.63, 3.8) is 0 Å². The third-order valence-electron chi connectivity index (χ3n) is 4.41. The van der Waals surface area contributed by atoms with Crippen molar-refractivity contribution in [3.8, 4) is 11.8 Å². The minimum atomic E-state index is -0.588. The Morgan fingerprint density at radius 3 is 2.55 bits per heavy atom. The van der Waals surface area contributed by atoms with E-state index in [1.807, 2.05) is 0 Å². The number of carbonyl (C=O) groups is 2. The zero-order chi connectivity index (χ0) is 20.5. The summed E-state index contributed by atoms with van der Waals surface area (Å²) in [7, 11) is 0. The smallest absolute Gasteiger partial charge is 0.338 e. The van der Waals surface area contributed by atoms with Crippen molar-refractivity contribution in [2.45, 2.75) is 25.4 Å². The first-order valence-corrected chi connectivity index (χ1v) is 9.41. The van der Waals surface area contributed by atoms with Crippen molar-refractivity contribution in [2.24, 2.45) is 0 Å². The lowest BCUT2D eigenvalue weighted by Gasteiger charge is -2.11. The van der Waals surface area contributed by atoms with E-state index in [1.54, 1.807) is 48.5 Å². The van der Waals surface area contributed by atoms with Gasteiger partial charge in [0.2, 0.25) is 0 Å². The molecule has 1 amide bonds. The summed E-state index contributed by atoms with van der Waals surface area (Å²) in [4.78, 5) is 24.1. The van der Waals surface area contributed by atoms with Gasteiger partial charge in [0.1, 0.15) is 12.4 Å². The van der Waals surface area contributed by atoms with Crippen LogP contribution in [0.2, 0.25) is 0 Å². The fourth-order valence-corrected chi connectivity index (χ4v) is 2.86. The van der Waals surface area contributed by atoms with Gasteiger partial charge in [-0.25, -0.2) is 4.79 Å². The fourth-order valence-electron chi connectivity index (χ4n) is 2.86. The molecule has 1 heterocycles. The molecule has 7 nitrogen and oxygen atoms in total. The SMILES string of the molecule is N#CCc1ccc(NC(=O)COC(=O)c2ccc(OC[C@@H]3CCCO3)cc2)cc1. The molecule has 0 saturated carbocycles. The number of carbonyl (C=O) groups excluding carboxylic acids is 2. The lowest BCUT2D eigenvalue weighted by atomic mass is 10.1. The van der Waals surface area contributed by atoms with E-state index >= 15 is 0 Å². The lowest BCUT2D eigenvalue weighted by Crippen LogP contribution is -2.21. The second kappa shape index (κ2) is 10.2. The normalized spacial score (nSPS) is 15.3. The molecule has 0 aromatic heterocycles. The third-order valence-corrected chi connectivity index (χ3v) is 4.41. The Morgan fingerprint density at radius 1 is 1.14 bits per heavy atom. The molecule has 0 aliphatic carbocycles. The van der Waals surface area contributed by atoms with Crippen LogP contribution in [0, 0.1) is 11.3 Å². The summed E-state index contributed by atoms with van der Waals surface area (Å²) in [6.45, 7) is 0.871. The quantitative estimate of drug-likeness (QED) is 0.691. The second-order valence-electron chi connectivity index (χ2n) is 6.63. The van der Waals surface area contributed by atoms with Gasteiger partial charge in [-0.15, -0.1) is 0 Å². The number of hydrogen-bond acceptors (Lipinski definition) is 6. The van der Waals surface area contributed by atoms with E-state index in [-0.39, 0.29) is 6.10 Å². The topological polar surface area (TPSA) is 97.7 Å². The van der Waals surface area contributed by atoms with Gasteiger partial charge in [0.15, 0.2) is 6.61 Å². The molecule has 1 aliphatic heterocycles. The van der Waals surface area contributed by atoms with Gasteiger partial charge in [0.25, 0.3) is 5.91 Å². The van der Waals surface area contributed by atoms with Crippen LogP contribution in [0.15, 0.2) is 48.5 Å². The molecule has 0 radical (unpaired) electrons. The number of benzene rings is 2. The predicted octanol–water partition coefficient (Wildman–Crippen LogP) is 3.11. The summed E-state index contributed by atoms with van der Waals surface area (Å²) >= 11 is 0. The van der Waals surface area contributed by atoms with Crippen molar-refractivity contribution in [1.29, 1.82) is 5.26 Å². The van der Waals surface area contributed by atoms with E-state index in [0.717, 1.165) is 25.0 Å². The summed E-state index contributed by atoms with van der Waals surface area (Å²) in [6.07, 6.45) is 2.49. The Morgan fingerprint density at radius 2 is 1.90 bits per heavy atom. The molecule has 1 fully saturated rings. The van der Waals surface area contributed by atoms with Gasteiger partial charge < -0.3 is 19.5 Å². The molecule has 1 N–H and O–H groups in total. The average Bonchev–Trinajstić information content (AvgIpc) is 3.26. The number of rotatable bonds is 8. The maximum absolute atomic E-state index is 12.1. The molecule has 1 aliphatic rings. The molecule has 1 atom stereocenters. The minimum absolute atomic E-state index is 0.126. The molecule has 3 rings (SSSR count). The molecule has 7 heteroatoms. The summed E-state index contributed by atoms with van der Waals surface area (Å²) in [5.41, 5.74) is 1.77. The highest BCUT2D eigenvalue weighted by atomic mass is 16.5. The van der Waals surface area contributed by atoms with Crippen LogP contribution in [0.5, 0.6) is 5.75 Å². The Bertz CT molecular complexity index is 866. The number of nitrogens with zero attached hydrogens (tertiary/aromatic N) is 1. The first-order chi connectivity index (χ1) is 14.1. The summed E-state index contributed by atoms with van der Waals surface area (Å²) in [5.74, 6) is -0.382. The summed E-state index contributed by atoms with van der Waals surface area (Å²) < 4.78 is 16.2. The van der Waals surface area contributed by atoms with Crippen LogP contribution < -0.4 is 10.1 Å². The maximum Gasteiger partial charge on any atom is 0.338 e. The highest BCUT2D eigenvalue weighted by molar-refractivity contribution is 5.95. The number of amides is 1. The first kappa shape index (κ1) is 20.4. The van der Waals surface area contributed by atoms with Crippen LogP contribution in [0.25, 0.3) is 0 Å². The predicted molar refractivity (Wildman–Crippen MR) is 106 cm³/mol. The van der Waals surface area contributed by atoms with E-state index in [2.05, 4.69) is 11.4 Å². The summed E-state index contributed by atoms with van der Waals surface area (Å²) in [6, 6.07) is 15.5. The minimum Gasteiger partial charge on any atom is -0.491 e. The average molecular weight is 394 g/mol. The maximum atomic E-state index is 12.1. The highest BCUT2D eigenvalue weighted by Gasteiger charge is 2.16. The molecule has 2 aromatic rings. The van der Waals surface area contributed by atoms with Crippen molar-refractivity contribution < 1.29 is 23.8 Å². The molecule has 0 unspecified atom stereocenters. The van der Waals surface area contributed by atoms with Crippen molar-refractivity contribution in [2.75, 3.05) is 25.1 Å². The molecule has 150 valence electrons. The van der Waals surface area contributed by atoms with Crippen LogP contribution in [-0.2, 0) is 20.7 Å². The van der Waals surface area contributed by atoms with Gasteiger partial charge in [-0.05, 0) is 54.8 Å². The molecular weight excluding hydrogens is 372 g/mol. The molecule has 1 saturated heterocycles. The third kappa shape index (κ3) is 6.33. The van der Waals surface area contributed by atoms with Crippen LogP contribution >= 0.6 is 0 Å². The molecular formula is C22H22N2O5. The van der Waals surface area contributed by atoms with Crippen molar-refractivity contribution >= 4 is 17.6 Å². The van der Waals surface area contributed by atoms with Gasteiger partial charge in [-0.2, -0.15) is 5.26 Å². The molecule has 0 bridgehead atoms. The number of nitriles is 1. The van der Waals surface area contributed by atoms with Crippen molar-refractivity contribution in [1.82, 2.24) is 0 Å². The van der Waals surface area contributed by atoms with E-state index < -0.39 is 18.5 Å². The standard InChI is InChI=1S/C22H22N2O5/c23-12-11-16-3-7-18(8-4-16)24-21(25)15-29-22(26)17-5-9-19(10-6-17)28-14-20-2-1-13-27-20/h3-10,20H,1-2,11,13-15H2,(H,24,25)/t20-/m0/s1. The van der Waals surface area contributed by atoms with E-state index in [0.29, 0.717) is 30.0 Å². The number of hydrogen-bond donors (Lipinski definition) is 1. The van der Waals surface area contributed by atoms with E-state index in [9.17, 15) is 9.59 Å². The van der Waals surface area contributed by atoms with Gasteiger partial charge in [0, 0.05) is 12.3 Å². The van der Waals surface area contributed by atoms with Crippen molar-refractivity contribution in [3.05, 3.63) is 59.7 Å². The van der Waals surface area contributed by atoms with Crippen LogP contribution in [0.1, 0.15) is 28.8 Å². The summed E-state index contributed by atoms with van der Waals surface area (Å²) in [5, 5.41) is 11.3. The fraction of sp³-hybridized carbons (Fsp3) is 0.318. The lowest BCUT2D eigenvalue weighted by molar-refractivity contribution is -0.119. The van der Waals surface area contributed by atoms with Crippen LogP contribution in [0.3, 0.4) is 0 Å². The number of nitrogens with one attached hydrogen (secondary N) is 1. The van der Waals surface area contributed by atoms with Gasteiger partial charge in [0.05, 0.1) is 24.2 Å². The Balaban J connectivity index is 1.42. The van der Waals surface area contributed by atoms with E-state index in [4.69, 9.17) is 19.5 Å². The van der Waals surface area contributed by atoms with Crippen LogP contribution in [-0.4, -0.2) is 37.8 Å².